The fraction of sp³-hybridized carbons (Fsp3) is 0.250. The number of aromatic amines is 1. The molecule has 0 radical (unpaired) electrons. The summed E-state index contributed by atoms with van der Waals surface area (Å²) in [4.78, 5) is 19.3. The van der Waals surface area contributed by atoms with Crippen molar-refractivity contribution in [2.45, 2.75) is 19.4 Å². The van der Waals surface area contributed by atoms with E-state index in [9.17, 15) is 4.79 Å². The smallest absolute Gasteiger partial charge is 0.255 e. The van der Waals surface area contributed by atoms with Crippen LogP contribution in [0.5, 0.6) is 0 Å². The van der Waals surface area contributed by atoms with Gasteiger partial charge in [0.2, 0.25) is 0 Å². The van der Waals surface area contributed by atoms with Gasteiger partial charge in [-0.1, -0.05) is 18.2 Å². The molecule has 6 nitrogen and oxygen atoms in total. The summed E-state index contributed by atoms with van der Waals surface area (Å²) in [6.45, 7) is 3.28. The maximum absolute atomic E-state index is 12.6. The number of H-pyrrole nitrogens is 1. The van der Waals surface area contributed by atoms with Crippen LogP contribution in [0.3, 0.4) is 0 Å². The first-order valence-corrected chi connectivity index (χ1v) is 8.87. The van der Waals surface area contributed by atoms with Gasteiger partial charge in [-0.25, -0.2) is 0 Å². The van der Waals surface area contributed by atoms with Crippen molar-refractivity contribution in [2.24, 2.45) is 0 Å². The van der Waals surface area contributed by atoms with Crippen LogP contribution in [-0.2, 0) is 6.54 Å². The molecule has 26 heavy (non-hydrogen) atoms. The summed E-state index contributed by atoms with van der Waals surface area (Å²) < 4.78 is 0. The largest absolute Gasteiger partial charge is 0.319 e. The number of hydrogen-bond acceptors (Lipinski definition) is 4. The zero-order valence-electron chi connectivity index (χ0n) is 14.5. The van der Waals surface area contributed by atoms with Gasteiger partial charge in [-0.3, -0.25) is 19.8 Å². The van der Waals surface area contributed by atoms with E-state index in [4.69, 9.17) is 0 Å². The number of aromatic nitrogens is 3. The highest BCUT2D eigenvalue weighted by molar-refractivity contribution is 6.05. The van der Waals surface area contributed by atoms with Crippen molar-refractivity contribution in [2.75, 3.05) is 18.4 Å². The van der Waals surface area contributed by atoms with Crippen molar-refractivity contribution in [3.05, 3.63) is 66.0 Å². The molecule has 0 saturated carbocycles. The van der Waals surface area contributed by atoms with Gasteiger partial charge in [0, 0.05) is 18.3 Å². The summed E-state index contributed by atoms with van der Waals surface area (Å²) in [7, 11) is 0. The third kappa shape index (κ3) is 3.65. The van der Waals surface area contributed by atoms with Crippen LogP contribution in [-0.4, -0.2) is 39.1 Å². The van der Waals surface area contributed by atoms with Gasteiger partial charge in [-0.15, -0.1) is 0 Å². The molecule has 0 spiro atoms. The zero-order valence-corrected chi connectivity index (χ0v) is 14.5. The molecule has 4 rings (SSSR count). The maximum Gasteiger partial charge on any atom is 0.255 e. The monoisotopic (exact) mass is 347 g/mol. The quantitative estimate of drug-likeness (QED) is 0.742. The average Bonchev–Trinajstić information content (AvgIpc) is 3.35. The molecule has 0 aliphatic carbocycles. The predicted molar refractivity (Wildman–Crippen MR) is 101 cm³/mol. The Balaban J connectivity index is 1.45. The normalized spacial score (nSPS) is 14.5. The van der Waals surface area contributed by atoms with Crippen LogP contribution in [0.25, 0.3) is 11.4 Å². The van der Waals surface area contributed by atoms with Gasteiger partial charge >= 0.3 is 0 Å². The molecule has 2 N–H and O–H groups in total. The lowest BCUT2D eigenvalue weighted by Gasteiger charge is -2.14. The molecule has 1 aromatic carbocycles. The summed E-state index contributed by atoms with van der Waals surface area (Å²) in [5.41, 5.74) is 3.92. The second kappa shape index (κ2) is 7.49. The van der Waals surface area contributed by atoms with Gasteiger partial charge < -0.3 is 5.32 Å². The number of rotatable bonds is 5. The van der Waals surface area contributed by atoms with Crippen molar-refractivity contribution >= 4 is 11.6 Å². The van der Waals surface area contributed by atoms with E-state index < -0.39 is 0 Å². The van der Waals surface area contributed by atoms with Crippen molar-refractivity contribution in [1.82, 2.24) is 20.1 Å². The minimum atomic E-state index is -0.156. The fourth-order valence-electron chi connectivity index (χ4n) is 3.24. The van der Waals surface area contributed by atoms with E-state index in [1.54, 1.807) is 12.4 Å². The minimum absolute atomic E-state index is 0.156. The molecular formula is C20H21N5O. The SMILES string of the molecule is O=C(Nc1cn[nH]c1-c1ccccn1)c1ccc(CN2CCCC2)cc1. The summed E-state index contributed by atoms with van der Waals surface area (Å²) in [6, 6.07) is 13.4. The molecule has 3 aromatic rings. The molecule has 3 heterocycles. The van der Waals surface area contributed by atoms with Crippen LogP contribution >= 0.6 is 0 Å². The number of benzene rings is 1. The lowest BCUT2D eigenvalue weighted by molar-refractivity contribution is 0.102. The molecule has 1 amide bonds. The number of likely N-dealkylation sites (tertiary alicyclic amines) is 1. The highest BCUT2D eigenvalue weighted by Gasteiger charge is 2.14. The molecule has 1 saturated heterocycles. The number of carbonyl (C=O) groups excluding carboxylic acids is 1. The highest BCUT2D eigenvalue weighted by atomic mass is 16.1. The first kappa shape index (κ1) is 16.5. The minimum Gasteiger partial charge on any atom is -0.319 e. The third-order valence-electron chi connectivity index (χ3n) is 4.63. The van der Waals surface area contributed by atoms with Gasteiger partial charge in [0.25, 0.3) is 5.91 Å². The second-order valence-electron chi connectivity index (χ2n) is 6.51. The predicted octanol–water partition coefficient (Wildman–Crippen LogP) is 3.32. The molecule has 6 heteroatoms. The molecule has 132 valence electrons. The summed E-state index contributed by atoms with van der Waals surface area (Å²) >= 11 is 0. The van der Waals surface area contributed by atoms with E-state index >= 15 is 0 Å². The van der Waals surface area contributed by atoms with Gasteiger partial charge in [0.15, 0.2) is 0 Å². The van der Waals surface area contributed by atoms with E-state index in [-0.39, 0.29) is 5.91 Å². The number of hydrogen-bond donors (Lipinski definition) is 2. The van der Waals surface area contributed by atoms with Crippen molar-refractivity contribution in [3.63, 3.8) is 0 Å². The van der Waals surface area contributed by atoms with Crippen LogP contribution in [0.4, 0.5) is 5.69 Å². The van der Waals surface area contributed by atoms with Crippen molar-refractivity contribution in [1.29, 1.82) is 0 Å². The zero-order chi connectivity index (χ0) is 17.8. The molecule has 0 atom stereocenters. The Kier molecular flexibility index (Phi) is 4.75. The van der Waals surface area contributed by atoms with Crippen LogP contribution in [0.1, 0.15) is 28.8 Å². The Hall–Kier alpha value is -2.99. The Morgan fingerprint density at radius 3 is 2.65 bits per heavy atom. The van der Waals surface area contributed by atoms with E-state index in [0.29, 0.717) is 16.9 Å². The fourth-order valence-corrected chi connectivity index (χ4v) is 3.24. The summed E-state index contributed by atoms with van der Waals surface area (Å²) in [6.07, 6.45) is 5.87. The molecular weight excluding hydrogens is 326 g/mol. The Morgan fingerprint density at radius 1 is 1.12 bits per heavy atom. The highest BCUT2D eigenvalue weighted by Crippen LogP contribution is 2.23. The molecule has 1 aliphatic rings. The first-order valence-electron chi connectivity index (χ1n) is 8.87. The average molecular weight is 347 g/mol. The Morgan fingerprint density at radius 2 is 1.92 bits per heavy atom. The number of nitrogens with zero attached hydrogens (tertiary/aromatic N) is 3. The van der Waals surface area contributed by atoms with Crippen LogP contribution < -0.4 is 5.32 Å². The lowest BCUT2D eigenvalue weighted by Crippen LogP contribution is -2.18. The molecule has 1 fully saturated rings. The summed E-state index contributed by atoms with van der Waals surface area (Å²) in [5.74, 6) is -0.156. The lowest BCUT2D eigenvalue weighted by atomic mass is 10.1. The molecule has 0 bridgehead atoms. The number of pyridine rings is 1. The summed E-state index contributed by atoms with van der Waals surface area (Å²) in [5, 5.41) is 9.84. The van der Waals surface area contributed by atoms with E-state index in [1.807, 2.05) is 42.5 Å². The number of anilines is 1. The van der Waals surface area contributed by atoms with Gasteiger partial charge in [-0.05, 0) is 55.8 Å². The van der Waals surface area contributed by atoms with Crippen LogP contribution in [0.2, 0.25) is 0 Å². The topological polar surface area (TPSA) is 73.9 Å². The van der Waals surface area contributed by atoms with E-state index in [2.05, 4.69) is 25.4 Å². The van der Waals surface area contributed by atoms with Crippen LogP contribution in [0.15, 0.2) is 54.9 Å². The van der Waals surface area contributed by atoms with Crippen molar-refractivity contribution in [3.8, 4) is 11.4 Å². The van der Waals surface area contributed by atoms with Crippen LogP contribution in [0, 0.1) is 0 Å². The molecule has 0 unspecified atom stereocenters. The van der Waals surface area contributed by atoms with Gasteiger partial charge in [0.1, 0.15) is 5.69 Å². The maximum atomic E-state index is 12.6. The van der Waals surface area contributed by atoms with E-state index in [0.717, 1.165) is 12.2 Å². The molecule has 2 aromatic heterocycles. The molecule has 1 aliphatic heterocycles. The standard InChI is InChI=1S/C20H21N5O/c26-20(16-8-6-15(7-9-16)14-25-11-3-4-12-25)23-18-13-22-24-19(18)17-5-1-2-10-21-17/h1-2,5-10,13H,3-4,11-12,14H2,(H,22,24)(H,23,26). The number of carbonyl (C=O) groups is 1. The van der Waals surface area contributed by atoms with E-state index in [1.165, 1.54) is 31.5 Å². The van der Waals surface area contributed by atoms with Gasteiger partial charge in [-0.2, -0.15) is 5.10 Å². The Bertz CT molecular complexity index is 867. The second-order valence-corrected chi connectivity index (χ2v) is 6.51. The number of amides is 1. The van der Waals surface area contributed by atoms with Crippen molar-refractivity contribution < 1.29 is 4.79 Å². The Labute approximate surface area is 152 Å². The first-order chi connectivity index (χ1) is 12.8. The third-order valence-corrected chi connectivity index (χ3v) is 4.63. The van der Waals surface area contributed by atoms with Gasteiger partial charge in [0.05, 0.1) is 17.6 Å². The number of nitrogens with one attached hydrogen (secondary N) is 2.